The molecule has 0 saturated heterocycles. The molecule has 65 valence electrons. The van der Waals surface area contributed by atoms with Crippen LogP contribution in [-0.2, 0) is 11.2 Å². The van der Waals surface area contributed by atoms with E-state index in [1.54, 1.807) is 18.3 Å². The van der Waals surface area contributed by atoms with Gasteiger partial charge in [-0.3, -0.25) is 4.79 Å². The maximum atomic E-state index is 11.0. The van der Waals surface area contributed by atoms with Crippen LogP contribution in [-0.4, -0.2) is 5.78 Å². The van der Waals surface area contributed by atoms with Crippen molar-refractivity contribution in [1.29, 1.82) is 0 Å². The summed E-state index contributed by atoms with van der Waals surface area (Å²) in [5.74, 6) is 0.209. The molecule has 0 spiro atoms. The first kappa shape index (κ1) is 8.45. The number of carbonyl (C=O) groups excluding carboxylic acids is 1. The molecule has 0 saturated carbocycles. The van der Waals surface area contributed by atoms with E-state index in [4.69, 9.17) is 0 Å². The van der Waals surface area contributed by atoms with Crippen LogP contribution in [0, 0.1) is 5.38 Å². The van der Waals surface area contributed by atoms with Crippen molar-refractivity contribution in [3.63, 3.8) is 0 Å². The van der Waals surface area contributed by atoms with Crippen molar-refractivity contribution < 1.29 is 4.79 Å². The Kier molecular flexibility index (Phi) is 2.15. The van der Waals surface area contributed by atoms with Crippen molar-refractivity contribution in [2.75, 3.05) is 0 Å². The summed E-state index contributed by atoms with van der Waals surface area (Å²) in [7, 11) is 0. The summed E-state index contributed by atoms with van der Waals surface area (Å²) < 4.78 is 1.19. The Morgan fingerprint density at radius 2 is 2.38 bits per heavy atom. The van der Waals surface area contributed by atoms with Gasteiger partial charge in [-0.15, -0.1) is 11.3 Å². The SMILES string of the molecule is CC(=O)Cc1cccc2c[c]sc12. The summed E-state index contributed by atoms with van der Waals surface area (Å²) in [5.41, 5.74) is 1.12. The Hall–Kier alpha value is -1.15. The summed E-state index contributed by atoms with van der Waals surface area (Å²) in [4.78, 5) is 11.0. The van der Waals surface area contributed by atoms with Gasteiger partial charge in [0.1, 0.15) is 5.78 Å². The van der Waals surface area contributed by atoms with Gasteiger partial charge in [0.15, 0.2) is 0 Å². The Morgan fingerprint density at radius 1 is 1.54 bits per heavy atom. The molecule has 0 aliphatic heterocycles. The van der Waals surface area contributed by atoms with Gasteiger partial charge in [-0.2, -0.15) is 0 Å². The van der Waals surface area contributed by atoms with Crippen LogP contribution < -0.4 is 0 Å². The van der Waals surface area contributed by atoms with Crippen LogP contribution in [0.3, 0.4) is 0 Å². The van der Waals surface area contributed by atoms with E-state index in [1.807, 2.05) is 24.3 Å². The smallest absolute Gasteiger partial charge is 0.134 e. The Bertz CT molecular complexity index is 442. The highest BCUT2D eigenvalue weighted by Gasteiger charge is 2.03. The molecule has 1 aromatic carbocycles. The number of hydrogen-bond acceptors (Lipinski definition) is 2. The van der Waals surface area contributed by atoms with Gasteiger partial charge in [-0.25, -0.2) is 0 Å². The Morgan fingerprint density at radius 3 is 3.15 bits per heavy atom. The molecular weight excluding hydrogens is 180 g/mol. The van der Waals surface area contributed by atoms with Gasteiger partial charge in [-0.1, -0.05) is 18.2 Å². The minimum absolute atomic E-state index is 0.209. The van der Waals surface area contributed by atoms with E-state index in [-0.39, 0.29) is 5.78 Å². The van der Waals surface area contributed by atoms with Crippen molar-refractivity contribution in [2.24, 2.45) is 0 Å². The topological polar surface area (TPSA) is 17.1 Å². The van der Waals surface area contributed by atoms with Crippen molar-refractivity contribution in [3.05, 3.63) is 35.2 Å². The Labute approximate surface area is 81.0 Å². The van der Waals surface area contributed by atoms with E-state index in [9.17, 15) is 4.79 Å². The lowest BCUT2D eigenvalue weighted by Crippen LogP contribution is -1.95. The zero-order valence-electron chi connectivity index (χ0n) is 7.33. The molecule has 0 fully saturated rings. The number of Topliss-reactive ketones (excluding diaryl/α,β-unsaturated/α-hetero) is 1. The molecule has 2 heteroatoms. The second-order valence-electron chi connectivity index (χ2n) is 3.08. The van der Waals surface area contributed by atoms with Gasteiger partial charge in [-0.05, 0) is 23.9 Å². The summed E-state index contributed by atoms with van der Waals surface area (Å²) >= 11 is 1.58. The molecule has 2 rings (SSSR count). The van der Waals surface area contributed by atoms with E-state index in [0.29, 0.717) is 6.42 Å². The predicted molar refractivity (Wildman–Crippen MR) is 55.0 cm³/mol. The number of rotatable bonds is 2. The molecule has 0 amide bonds. The molecule has 1 radical (unpaired) electrons. The lowest BCUT2D eigenvalue weighted by molar-refractivity contribution is -0.116. The summed E-state index contributed by atoms with van der Waals surface area (Å²) in [6, 6.07) is 8.00. The third kappa shape index (κ3) is 1.63. The second-order valence-corrected chi connectivity index (χ2v) is 3.93. The molecule has 1 aromatic heterocycles. The van der Waals surface area contributed by atoms with Gasteiger partial charge in [0.2, 0.25) is 0 Å². The average molecular weight is 189 g/mol. The van der Waals surface area contributed by atoms with Gasteiger partial charge in [0.25, 0.3) is 0 Å². The number of ketones is 1. The molecule has 2 aromatic rings. The van der Waals surface area contributed by atoms with Crippen LogP contribution in [0.5, 0.6) is 0 Å². The molecule has 0 aliphatic rings. The quantitative estimate of drug-likeness (QED) is 0.710. The first-order chi connectivity index (χ1) is 6.27. The van der Waals surface area contributed by atoms with E-state index in [2.05, 4.69) is 5.38 Å². The molecular formula is C11H9OS. The van der Waals surface area contributed by atoms with Crippen molar-refractivity contribution in [3.8, 4) is 0 Å². The van der Waals surface area contributed by atoms with Gasteiger partial charge in [0.05, 0.1) is 0 Å². The summed E-state index contributed by atoms with van der Waals surface area (Å²) in [5, 5.41) is 4.27. The zero-order valence-corrected chi connectivity index (χ0v) is 8.15. The molecule has 0 N–H and O–H groups in total. The maximum Gasteiger partial charge on any atom is 0.134 e. The van der Waals surface area contributed by atoms with E-state index in [1.165, 1.54) is 10.1 Å². The van der Waals surface area contributed by atoms with Gasteiger partial charge < -0.3 is 0 Å². The van der Waals surface area contributed by atoms with Crippen LogP contribution in [0.15, 0.2) is 24.3 Å². The van der Waals surface area contributed by atoms with Crippen LogP contribution in [0.1, 0.15) is 12.5 Å². The molecule has 13 heavy (non-hydrogen) atoms. The molecule has 0 bridgehead atoms. The van der Waals surface area contributed by atoms with Gasteiger partial charge >= 0.3 is 0 Å². The highest BCUT2D eigenvalue weighted by molar-refractivity contribution is 7.16. The normalized spacial score (nSPS) is 10.5. The minimum Gasteiger partial charge on any atom is -0.300 e. The monoisotopic (exact) mass is 189 g/mol. The third-order valence-corrected chi connectivity index (χ3v) is 2.88. The zero-order chi connectivity index (χ0) is 9.26. The molecule has 0 atom stereocenters. The molecule has 0 aliphatic carbocycles. The number of carbonyl (C=O) groups is 1. The third-order valence-electron chi connectivity index (χ3n) is 1.94. The second kappa shape index (κ2) is 3.30. The number of hydrogen-bond donors (Lipinski definition) is 0. The molecule has 1 heterocycles. The van der Waals surface area contributed by atoms with Crippen molar-refractivity contribution in [2.45, 2.75) is 13.3 Å². The fourth-order valence-electron chi connectivity index (χ4n) is 1.40. The number of fused-ring (bicyclic) bond motifs is 1. The van der Waals surface area contributed by atoms with Crippen molar-refractivity contribution in [1.82, 2.24) is 0 Å². The highest BCUT2D eigenvalue weighted by atomic mass is 32.1. The summed E-state index contributed by atoms with van der Waals surface area (Å²) in [6.45, 7) is 1.62. The predicted octanol–water partition coefficient (Wildman–Crippen LogP) is 2.83. The van der Waals surface area contributed by atoms with Crippen molar-refractivity contribution >= 4 is 27.2 Å². The maximum absolute atomic E-state index is 11.0. The minimum atomic E-state index is 0.209. The lowest BCUT2D eigenvalue weighted by Gasteiger charge is -1.98. The fourth-order valence-corrected chi connectivity index (χ4v) is 2.22. The van der Waals surface area contributed by atoms with E-state index < -0.39 is 0 Å². The molecule has 0 unspecified atom stereocenters. The highest BCUT2D eigenvalue weighted by Crippen LogP contribution is 2.24. The fraction of sp³-hybridized carbons (Fsp3) is 0.182. The number of benzene rings is 1. The largest absolute Gasteiger partial charge is 0.300 e. The van der Waals surface area contributed by atoms with E-state index >= 15 is 0 Å². The standard InChI is InChI=1S/C11H9OS/c1-8(12)7-10-4-2-3-9-5-6-13-11(9)10/h2-5H,7H2,1H3. The first-order valence-corrected chi connectivity index (χ1v) is 4.96. The van der Waals surface area contributed by atoms with Crippen LogP contribution in [0.2, 0.25) is 0 Å². The van der Waals surface area contributed by atoms with E-state index in [0.717, 1.165) is 5.56 Å². The summed E-state index contributed by atoms with van der Waals surface area (Å²) in [6.07, 6.45) is 0.533. The van der Waals surface area contributed by atoms with Crippen LogP contribution in [0.4, 0.5) is 0 Å². The first-order valence-electron chi connectivity index (χ1n) is 4.14. The van der Waals surface area contributed by atoms with Crippen LogP contribution in [0.25, 0.3) is 10.1 Å². The lowest BCUT2D eigenvalue weighted by atomic mass is 10.1. The molecule has 1 nitrogen and oxygen atoms in total. The Balaban J connectivity index is 2.54. The number of thiophene rings is 1. The van der Waals surface area contributed by atoms with Gasteiger partial charge in [0, 0.05) is 16.5 Å². The average Bonchev–Trinajstić information content (AvgIpc) is 2.51. The van der Waals surface area contributed by atoms with Crippen LogP contribution >= 0.6 is 11.3 Å².